The topological polar surface area (TPSA) is 94.2 Å². The minimum absolute atomic E-state index is 0.139. The van der Waals surface area contributed by atoms with Crippen LogP contribution in [-0.4, -0.2) is 41.2 Å². The van der Waals surface area contributed by atoms with Gasteiger partial charge in [0.15, 0.2) is 6.10 Å². The van der Waals surface area contributed by atoms with E-state index in [1.54, 1.807) is 74.9 Å². The van der Waals surface area contributed by atoms with E-state index < -0.39 is 28.1 Å². The quantitative estimate of drug-likeness (QED) is 0.554. The SMILES string of the molecule is COc1ccc(OC)c([C@@H](C)NC(=O)[C@@H]2CN(S(=O)(=O)c3ccccc3)c3ccccc3O2)c1. The van der Waals surface area contributed by atoms with Crippen LogP contribution < -0.4 is 23.8 Å². The summed E-state index contributed by atoms with van der Waals surface area (Å²) in [7, 11) is -0.797. The van der Waals surface area contributed by atoms with E-state index in [9.17, 15) is 13.2 Å². The Labute approximate surface area is 199 Å². The van der Waals surface area contributed by atoms with Gasteiger partial charge in [0.2, 0.25) is 0 Å². The molecule has 178 valence electrons. The van der Waals surface area contributed by atoms with Crippen molar-refractivity contribution in [3.8, 4) is 17.2 Å². The van der Waals surface area contributed by atoms with Gasteiger partial charge in [0.25, 0.3) is 15.9 Å². The van der Waals surface area contributed by atoms with Gasteiger partial charge in [-0.1, -0.05) is 30.3 Å². The number of nitrogens with zero attached hydrogens (tertiary/aromatic N) is 1. The van der Waals surface area contributed by atoms with Gasteiger partial charge in [-0.15, -0.1) is 0 Å². The maximum Gasteiger partial charge on any atom is 0.264 e. The molecule has 1 amide bonds. The second kappa shape index (κ2) is 9.64. The molecule has 2 atom stereocenters. The largest absolute Gasteiger partial charge is 0.497 e. The summed E-state index contributed by atoms with van der Waals surface area (Å²) in [6, 6.07) is 19.8. The zero-order valence-electron chi connectivity index (χ0n) is 19.1. The number of ether oxygens (including phenoxy) is 3. The van der Waals surface area contributed by atoms with Gasteiger partial charge in [-0.05, 0) is 49.4 Å². The molecule has 1 heterocycles. The first-order valence-electron chi connectivity index (χ1n) is 10.7. The fourth-order valence-electron chi connectivity index (χ4n) is 3.85. The highest BCUT2D eigenvalue weighted by atomic mass is 32.2. The van der Waals surface area contributed by atoms with Crippen LogP contribution in [0.3, 0.4) is 0 Å². The molecule has 3 aromatic carbocycles. The average molecular weight is 483 g/mol. The predicted molar refractivity (Wildman–Crippen MR) is 128 cm³/mol. The summed E-state index contributed by atoms with van der Waals surface area (Å²) in [5, 5.41) is 2.91. The first kappa shape index (κ1) is 23.4. The van der Waals surface area contributed by atoms with E-state index in [1.807, 2.05) is 6.92 Å². The van der Waals surface area contributed by atoms with Crippen molar-refractivity contribution in [2.45, 2.75) is 24.0 Å². The van der Waals surface area contributed by atoms with Crippen LogP contribution in [-0.2, 0) is 14.8 Å². The van der Waals surface area contributed by atoms with Gasteiger partial charge < -0.3 is 19.5 Å². The first-order valence-corrected chi connectivity index (χ1v) is 12.1. The number of benzene rings is 3. The Kier molecular flexibility index (Phi) is 6.65. The van der Waals surface area contributed by atoms with Crippen molar-refractivity contribution < 1.29 is 27.4 Å². The summed E-state index contributed by atoms with van der Waals surface area (Å²) >= 11 is 0. The molecule has 9 heteroatoms. The number of anilines is 1. The van der Waals surface area contributed by atoms with E-state index in [0.29, 0.717) is 22.9 Å². The Morgan fingerprint density at radius 1 is 1.03 bits per heavy atom. The van der Waals surface area contributed by atoms with Crippen molar-refractivity contribution in [2.75, 3.05) is 25.1 Å². The standard InChI is InChI=1S/C25H26N2O6S/c1-17(20-15-18(31-2)13-14-22(20)32-3)26-25(28)24-16-27(21-11-7-8-12-23(21)33-24)34(29,30)19-9-5-4-6-10-19/h4-15,17,24H,16H2,1-3H3,(H,26,28)/t17-,24+/m1/s1. The smallest absolute Gasteiger partial charge is 0.264 e. The summed E-state index contributed by atoms with van der Waals surface area (Å²) in [5.74, 6) is 1.09. The molecule has 8 nitrogen and oxygen atoms in total. The Bertz CT molecular complexity index is 1280. The third-order valence-electron chi connectivity index (χ3n) is 5.62. The van der Waals surface area contributed by atoms with Gasteiger partial charge in [0, 0.05) is 5.56 Å². The average Bonchev–Trinajstić information content (AvgIpc) is 2.87. The minimum Gasteiger partial charge on any atom is -0.497 e. The fraction of sp³-hybridized carbons (Fsp3) is 0.240. The molecule has 3 aromatic rings. The van der Waals surface area contributed by atoms with Crippen molar-refractivity contribution >= 4 is 21.6 Å². The molecular weight excluding hydrogens is 456 g/mol. The molecule has 0 radical (unpaired) electrons. The van der Waals surface area contributed by atoms with Gasteiger partial charge >= 0.3 is 0 Å². The number of para-hydroxylation sites is 2. The molecule has 0 unspecified atom stereocenters. The van der Waals surface area contributed by atoms with Crippen molar-refractivity contribution in [3.05, 3.63) is 78.4 Å². The molecule has 0 saturated carbocycles. The lowest BCUT2D eigenvalue weighted by atomic mass is 10.1. The normalized spacial score (nSPS) is 16.1. The number of sulfonamides is 1. The lowest BCUT2D eigenvalue weighted by molar-refractivity contribution is -0.128. The summed E-state index contributed by atoms with van der Waals surface area (Å²) in [6.45, 7) is 1.65. The van der Waals surface area contributed by atoms with E-state index in [4.69, 9.17) is 14.2 Å². The monoisotopic (exact) mass is 482 g/mol. The van der Waals surface area contributed by atoms with Crippen LogP contribution >= 0.6 is 0 Å². The molecule has 1 N–H and O–H groups in total. The molecule has 0 fully saturated rings. The van der Waals surface area contributed by atoms with Crippen molar-refractivity contribution in [3.63, 3.8) is 0 Å². The van der Waals surface area contributed by atoms with Gasteiger partial charge in [-0.2, -0.15) is 0 Å². The van der Waals surface area contributed by atoms with Crippen LogP contribution in [0.2, 0.25) is 0 Å². The number of rotatable bonds is 7. The molecule has 0 saturated heterocycles. The number of hydrogen-bond donors (Lipinski definition) is 1. The molecule has 0 bridgehead atoms. The molecule has 0 spiro atoms. The molecule has 4 rings (SSSR count). The van der Waals surface area contributed by atoms with E-state index in [-0.39, 0.29) is 11.4 Å². The molecular formula is C25H26N2O6S. The number of carbonyl (C=O) groups is 1. The van der Waals surface area contributed by atoms with Crippen LogP contribution in [0.15, 0.2) is 77.7 Å². The van der Waals surface area contributed by atoms with Crippen LogP contribution in [0.5, 0.6) is 17.2 Å². The Balaban J connectivity index is 1.61. The Hall–Kier alpha value is -3.72. The Morgan fingerprint density at radius 3 is 2.44 bits per heavy atom. The van der Waals surface area contributed by atoms with Crippen LogP contribution in [0.1, 0.15) is 18.5 Å². The number of fused-ring (bicyclic) bond motifs is 1. The molecule has 1 aliphatic rings. The third kappa shape index (κ3) is 4.51. The van der Waals surface area contributed by atoms with Crippen molar-refractivity contribution in [1.29, 1.82) is 0 Å². The summed E-state index contributed by atoms with van der Waals surface area (Å²) in [4.78, 5) is 13.4. The maximum atomic E-state index is 13.4. The zero-order chi connectivity index (χ0) is 24.3. The van der Waals surface area contributed by atoms with Crippen LogP contribution in [0.4, 0.5) is 5.69 Å². The fourth-order valence-corrected chi connectivity index (χ4v) is 5.34. The second-order valence-corrected chi connectivity index (χ2v) is 9.62. The van der Waals surface area contributed by atoms with Crippen LogP contribution in [0, 0.1) is 0 Å². The molecule has 0 aliphatic carbocycles. The van der Waals surface area contributed by atoms with E-state index in [2.05, 4.69) is 5.32 Å². The molecule has 0 aromatic heterocycles. The number of nitrogens with one attached hydrogen (secondary N) is 1. The molecule has 1 aliphatic heterocycles. The summed E-state index contributed by atoms with van der Waals surface area (Å²) in [6.07, 6.45) is -1.05. The minimum atomic E-state index is -3.91. The summed E-state index contributed by atoms with van der Waals surface area (Å²) in [5.41, 5.74) is 1.11. The highest BCUT2D eigenvalue weighted by molar-refractivity contribution is 7.92. The molecule has 34 heavy (non-hydrogen) atoms. The second-order valence-electron chi connectivity index (χ2n) is 7.76. The van der Waals surface area contributed by atoms with Gasteiger partial charge in [0.1, 0.15) is 17.2 Å². The lowest BCUT2D eigenvalue weighted by Crippen LogP contribution is -2.51. The van der Waals surface area contributed by atoms with Gasteiger partial charge in [-0.25, -0.2) is 8.42 Å². The van der Waals surface area contributed by atoms with Crippen molar-refractivity contribution in [1.82, 2.24) is 5.32 Å². The van der Waals surface area contributed by atoms with Gasteiger partial charge in [0.05, 0.1) is 37.4 Å². The highest BCUT2D eigenvalue weighted by Crippen LogP contribution is 2.37. The number of amides is 1. The lowest BCUT2D eigenvalue weighted by Gasteiger charge is -2.35. The van der Waals surface area contributed by atoms with Gasteiger partial charge in [-0.3, -0.25) is 9.10 Å². The first-order chi connectivity index (χ1) is 16.3. The van der Waals surface area contributed by atoms with Crippen LogP contribution in [0.25, 0.3) is 0 Å². The number of carbonyl (C=O) groups excluding carboxylic acids is 1. The Morgan fingerprint density at radius 2 is 1.74 bits per heavy atom. The zero-order valence-corrected chi connectivity index (χ0v) is 19.9. The maximum absolute atomic E-state index is 13.4. The van der Waals surface area contributed by atoms with E-state index in [1.165, 1.54) is 16.4 Å². The number of methoxy groups -OCH3 is 2. The van der Waals surface area contributed by atoms with E-state index in [0.717, 1.165) is 5.56 Å². The number of hydrogen-bond acceptors (Lipinski definition) is 6. The third-order valence-corrected chi connectivity index (χ3v) is 7.41. The van der Waals surface area contributed by atoms with E-state index >= 15 is 0 Å². The summed E-state index contributed by atoms with van der Waals surface area (Å²) < 4.78 is 44.7. The van der Waals surface area contributed by atoms with Crippen molar-refractivity contribution in [2.24, 2.45) is 0 Å². The highest BCUT2D eigenvalue weighted by Gasteiger charge is 2.37. The predicted octanol–water partition coefficient (Wildman–Crippen LogP) is 3.54.